The fourth-order valence-electron chi connectivity index (χ4n) is 1.42. The maximum Gasteiger partial charge on any atom is 0.237 e. The van der Waals surface area contributed by atoms with Gasteiger partial charge in [0, 0.05) is 30.3 Å². The molecule has 5 nitrogen and oxygen atoms in total. The summed E-state index contributed by atoms with van der Waals surface area (Å²) in [5, 5.41) is 2.50. The highest BCUT2D eigenvalue weighted by molar-refractivity contribution is 7.85. The molecule has 7 heteroatoms. The third kappa shape index (κ3) is 5.80. The number of hydrogen-bond donors (Lipinski definition) is 2. The first-order valence-electron chi connectivity index (χ1n) is 5.71. The van der Waals surface area contributed by atoms with Gasteiger partial charge in [0.15, 0.2) is 0 Å². The highest BCUT2D eigenvalue weighted by Gasteiger charge is 2.10. The molecule has 0 radical (unpaired) electrons. The van der Waals surface area contributed by atoms with Crippen LogP contribution in [0.2, 0.25) is 0 Å². The molecule has 3 N–H and O–H groups in total. The van der Waals surface area contributed by atoms with Gasteiger partial charge in [0.1, 0.15) is 11.6 Å². The number of nitrogen functional groups attached to an aromatic ring is 1. The number of anilines is 2. The number of amides is 1. The maximum atomic E-state index is 12.8. The molecule has 0 bridgehead atoms. The van der Waals surface area contributed by atoms with Crippen LogP contribution in [0.1, 0.15) is 6.42 Å². The molecular formula is C12H17FN2O3S. The van der Waals surface area contributed by atoms with Crippen LogP contribution in [-0.2, 0) is 20.3 Å². The van der Waals surface area contributed by atoms with Crippen LogP contribution in [0, 0.1) is 5.82 Å². The molecule has 1 aromatic carbocycles. The van der Waals surface area contributed by atoms with Gasteiger partial charge in [-0.15, -0.1) is 0 Å². The molecule has 19 heavy (non-hydrogen) atoms. The Morgan fingerprint density at radius 2 is 2.26 bits per heavy atom. The third-order valence-corrected chi connectivity index (χ3v) is 3.63. The summed E-state index contributed by atoms with van der Waals surface area (Å²) >= 11 is 0. The molecule has 1 rings (SSSR count). The summed E-state index contributed by atoms with van der Waals surface area (Å²) in [6.07, 6.45) is 0.634. The summed E-state index contributed by atoms with van der Waals surface area (Å²) in [5.74, 6) is -0.589. The van der Waals surface area contributed by atoms with E-state index in [0.29, 0.717) is 24.5 Å². The Bertz CT molecular complexity index is 468. The van der Waals surface area contributed by atoms with Crippen LogP contribution in [-0.4, -0.2) is 35.3 Å². The van der Waals surface area contributed by atoms with Gasteiger partial charge >= 0.3 is 0 Å². The number of benzene rings is 1. The molecule has 1 amide bonds. The molecular weight excluding hydrogens is 271 g/mol. The minimum atomic E-state index is -1.24. The van der Waals surface area contributed by atoms with Crippen molar-refractivity contribution in [3.63, 3.8) is 0 Å². The number of hydrogen-bond acceptors (Lipinski definition) is 4. The van der Waals surface area contributed by atoms with E-state index in [9.17, 15) is 13.4 Å². The number of ether oxygens (including phenoxy) is 1. The summed E-state index contributed by atoms with van der Waals surface area (Å²) in [7, 11) is 0.319. The number of carbonyl (C=O) groups is 1. The Hall–Kier alpha value is -1.47. The first-order valence-corrected chi connectivity index (χ1v) is 7.20. The van der Waals surface area contributed by atoms with Crippen molar-refractivity contribution in [1.82, 2.24) is 0 Å². The molecule has 0 aliphatic carbocycles. The van der Waals surface area contributed by atoms with E-state index in [1.807, 2.05) is 0 Å². The van der Waals surface area contributed by atoms with Crippen LogP contribution in [0.5, 0.6) is 0 Å². The van der Waals surface area contributed by atoms with E-state index in [2.05, 4.69) is 5.32 Å². The Kier molecular flexibility index (Phi) is 6.44. The number of methoxy groups -OCH3 is 1. The molecule has 0 aromatic heterocycles. The van der Waals surface area contributed by atoms with Gasteiger partial charge in [-0.3, -0.25) is 9.00 Å². The second-order valence-corrected chi connectivity index (χ2v) is 5.49. The first kappa shape index (κ1) is 15.6. The standard InChI is InChI=1S/C12H17FN2O3S/c1-18-5-2-6-19(17)8-12(16)15-11-4-3-9(13)7-10(11)14/h3-4,7H,2,5-6,8,14H2,1H3,(H,15,16). The van der Waals surface area contributed by atoms with Crippen LogP contribution >= 0.6 is 0 Å². The van der Waals surface area contributed by atoms with E-state index >= 15 is 0 Å². The molecule has 1 aromatic rings. The molecule has 0 aliphatic rings. The van der Waals surface area contributed by atoms with Crippen molar-refractivity contribution >= 4 is 28.1 Å². The van der Waals surface area contributed by atoms with Crippen LogP contribution in [0.4, 0.5) is 15.8 Å². The normalized spacial score (nSPS) is 12.1. The monoisotopic (exact) mass is 288 g/mol. The number of rotatable bonds is 7. The predicted molar refractivity (Wildman–Crippen MR) is 73.8 cm³/mol. The smallest absolute Gasteiger partial charge is 0.237 e. The van der Waals surface area contributed by atoms with Gasteiger partial charge < -0.3 is 15.8 Å². The van der Waals surface area contributed by atoms with Crippen molar-refractivity contribution in [2.45, 2.75) is 6.42 Å². The summed E-state index contributed by atoms with van der Waals surface area (Å²) < 4.78 is 29.2. The number of nitrogens with one attached hydrogen (secondary N) is 1. The largest absolute Gasteiger partial charge is 0.397 e. The van der Waals surface area contributed by atoms with Crippen molar-refractivity contribution in [3.8, 4) is 0 Å². The van der Waals surface area contributed by atoms with E-state index in [1.54, 1.807) is 7.11 Å². The summed E-state index contributed by atoms with van der Waals surface area (Å²) in [4.78, 5) is 11.6. The topological polar surface area (TPSA) is 81.4 Å². The zero-order chi connectivity index (χ0) is 14.3. The second kappa shape index (κ2) is 7.85. The molecule has 0 saturated heterocycles. The van der Waals surface area contributed by atoms with E-state index < -0.39 is 22.5 Å². The second-order valence-electron chi connectivity index (χ2n) is 3.91. The summed E-state index contributed by atoms with van der Waals surface area (Å²) in [6, 6.07) is 3.68. The summed E-state index contributed by atoms with van der Waals surface area (Å²) in [5.41, 5.74) is 6.01. The van der Waals surface area contributed by atoms with Crippen LogP contribution < -0.4 is 11.1 Å². The SMILES string of the molecule is COCCCS(=O)CC(=O)Nc1ccc(F)cc1N. The van der Waals surface area contributed by atoms with Crippen molar-refractivity contribution in [2.75, 3.05) is 36.3 Å². The average Bonchev–Trinajstić information content (AvgIpc) is 2.33. The quantitative estimate of drug-likeness (QED) is 0.582. The molecule has 0 aliphatic heterocycles. The first-order chi connectivity index (χ1) is 9.02. The van der Waals surface area contributed by atoms with Crippen molar-refractivity contribution in [1.29, 1.82) is 0 Å². The molecule has 0 fully saturated rings. The van der Waals surface area contributed by atoms with Gasteiger partial charge in [-0.05, 0) is 24.6 Å². The van der Waals surface area contributed by atoms with Crippen LogP contribution in [0.3, 0.4) is 0 Å². The van der Waals surface area contributed by atoms with Gasteiger partial charge in [-0.1, -0.05) is 0 Å². The van der Waals surface area contributed by atoms with Crippen molar-refractivity contribution in [3.05, 3.63) is 24.0 Å². The third-order valence-electron chi connectivity index (χ3n) is 2.30. The molecule has 0 spiro atoms. The lowest BCUT2D eigenvalue weighted by atomic mass is 10.2. The fraction of sp³-hybridized carbons (Fsp3) is 0.417. The number of halogens is 1. The van der Waals surface area contributed by atoms with Gasteiger partial charge in [0.25, 0.3) is 0 Å². The minimum Gasteiger partial charge on any atom is -0.397 e. The zero-order valence-electron chi connectivity index (χ0n) is 10.6. The highest BCUT2D eigenvalue weighted by atomic mass is 32.2. The zero-order valence-corrected chi connectivity index (χ0v) is 11.5. The molecule has 1 atom stereocenters. The maximum absolute atomic E-state index is 12.8. The fourth-order valence-corrected chi connectivity index (χ4v) is 2.37. The Balaban J connectivity index is 2.44. The van der Waals surface area contributed by atoms with Crippen molar-refractivity contribution in [2.24, 2.45) is 0 Å². The Morgan fingerprint density at radius 1 is 1.53 bits per heavy atom. The van der Waals surface area contributed by atoms with Gasteiger partial charge in [-0.2, -0.15) is 0 Å². The molecule has 1 unspecified atom stereocenters. The Labute approximate surface area is 113 Å². The molecule has 0 saturated carbocycles. The molecule has 0 heterocycles. The van der Waals surface area contributed by atoms with E-state index in [-0.39, 0.29) is 11.4 Å². The average molecular weight is 288 g/mol. The van der Waals surface area contributed by atoms with E-state index in [1.165, 1.54) is 12.1 Å². The van der Waals surface area contributed by atoms with Gasteiger partial charge in [0.05, 0.1) is 11.4 Å². The lowest BCUT2D eigenvalue weighted by molar-refractivity contribution is -0.113. The number of carbonyl (C=O) groups excluding carboxylic acids is 1. The number of nitrogens with two attached hydrogens (primary N) is 1. The van der Waals surface area contributed by atoms with Gasteiger partial charge in [0.2, 0.25) is 5.91 Å². The van der Waals surface area contributed by atoms with E-state index in [4.69, 9.17) is 10.5 Å². The van der Waals surface area contributed by atoms with Crippen LogP contribution in [0.25, 0.3) is 0 Å². The van der Waals surface area contributed by atoms with Crippen LogP contribution in [0.15, 0.2) is 18.2 Å². The lowest BCUT2D eigenvalue weighted by Gasteiger charge is -2.08. The van der Waals surface area contributed by atoms with Crippen molar-refractivity contribution < 1.29 is 18.1 Å². The minimum absolute atomic E-state index is 0.111. The highest BCUT2D eigenvalue weighted by Crippen LogP contribution is 2.18. The van der Waals surface area contributed by atoms with Gasteiger partial charge in [-0.25, -0.2) is 4.39 Å². The predicted octanol–water partition coefficient (Wildman–Crippen LogP) is 1.13. The summed E-state index contributed by atoms with van der Waals surface area (Å²) in [6.45, 7) is 0.512. The van der Waals surface area contributed by atoms with E-state index in [0.717, 1.165) is 6.07 Å². The lowest BCUT2D eigenvalue weighted by Crippen LogP contribution is -2.21. The Morgan fingerprint density at radius 3 is 2.89 bits per heavy atom. The molecule has 106 valence electrons.